The number of hydrogen-bond donors (Lipinski definition) is 0. The highest BCUT2D eigenvalue weighted by atomic mass is 35.5. The predicted molar refractivity (Wildman–Crippen MR) is 74.4 cm³/mol. The topological polar surface area (TPSA) is 35.5 Å². The molecule has 0 heterocycles. The number of benzene rings is 2. The maximum Gasteiger partial charge on any atom is 0.200 e. The summed E-state index contributed by atoms with van der Waals surface area (Å²) in [5, 5.41) is 0.485. The van der Waals surface area contributed by atoms with Crippen LogP contribution in [0.5, 0.6) is 11.5 Å². The molecule has 0 spiro atoms. The molecule has 0 saturated carbocycles. The summed E-state index contributed by atoms with van der Waals surface area (Å²) in [5.74, 6) is 0.826. The Morgan fingerprint density at radius 3 is 2.26 bits per heavy atom. The van der Waals surface area contributed by atoms with Gasteiger partial charge >= 0.3 is 0 Å². The van der Waals surface area contributed by atoms with Gasteiger partial charge in [-0.15, -0.1) is 0 Å². The highest BCUT2D eigenvalue weighted by molar-refractivity contribution is 6.31. The smallest absolute Gasteiger partial charge is 0.200 e. The fraction of sp³-hybridized carbons (Fsp3) is 0.133. The number of methoxy groups -OCH3 is 2. The fourth-order valence-corrected chi connectivity index (χ4v) is 2.01. The first-order chi connectivity index (χ1) is 9.17. The Labute approximate surface area is 116 Å². The summed E-state index contributed by atoms with van der Waals surface area (Å²) in [6.45, 7) is 0. The number of hydrogen-bond acceptors (Lipinski definition) is 3. The zero-order valence-corrected chi connectivity index (χ0v) is 11.4. The summed E-state index contributed by atoms with van der Waals surface area (Å²) >= 11 is 5.94. The first-order valence-electron chi connectivity index (χ1n) is 5.68. The van der Waals surface area contributed by atoms with Gasteiger partial charge in [0.1, 0.15) is 11.5 Å². The van der Waals surface area contributed by atoms with Crippen LogP contribution in [0.4, 0.5) is 0 Å². The molecule has 0 radical (unpaired) electrons. The largest absolute Gasteiger partial charge is 0.496 e. The van der Waals surface area contributed by atoms with Crippen LogP contribution in [0.25, 0.3) is 0 Å². The number of carbonyl (C=O) groups excluding carboxylic acids is 1. The molecule has 0 bridgehead atoms. The van der Waals surface area contributed by atoms with Gasteiger partial charge in [-0.25, -0.2) is 0 Å². The Balaban J connectivity index is 2.52. The summed E-state index contributed by atoms with van der Waals surface area (Å²) < 4.78 is 10.4. The van der Waals surface area contributed by atoms with Crippen LogP contribution >= 0.6 is 11.6 Å². The maximum atomic E-state index is 12.5. The molecule has 0 amide bonds. The summed E-state index contributed by atoms with van der Waals surface area (Å²) in [4.78, 5) is 12.5. The van der Waals surface area contributed by atoms with Gasteiger partial charge < -0.3 is 9.47 Å². The van der Waals surface area contributed by atoms with Crippen LogP contribution in [0.3, 0.4) is 0 Å². The van der Waals surface area contributed by atoms with E-state index in [1.165, 1.54) is 14.2 Å². The first kappa shape index (κ1) is 13.4. The molecule has 0 saturated heterocycles. The number of ether oxygens (including phenoxy) is 2. The molecule has 3 nitrogen and oxygen atoms in total. The third-order valence-corrected chi connectivity index (χ3v) is 2.99. The van der Waals surface area contributed by atoms with Crippen molar-refractivity contribution in [3.05, 3.63) is 58.6 Å². The SMILES string of the molecule is COc1ccccc1C(=O)c1cc(Cl)ccc1OC. The number of ketones is 1. The van der Waals surface area contributed by atoms with E-state index < -0.39 is 0 Å². The molecule has 0 unspecified atom stereocenters. The van der Waals surface area contributed by atoms with Crippen molar-refractivity contribution in [2.24, 2.45) is 0 Å². The normalized spacial score (nSPS) is 10.1. The third kappa shape index (κ3) is 2.71. The molecule has 19 heavy (non-hydrogen) atoms. The van der Waals surface area contributed by atoms with Gasteiger partial charge in [0.15, 0.2) is 0 Å². The zero-order chi connectivity index (χ0) is 13.8. The van der Waals surface area contributed by atoms with Gasteiger partial charge in [0.25, 0.3) is 0 Å². The van der Waals surface area contributed by atoms with Gasteiger partial charge in [-0.1, -0.05) is 23.7 Å². The van der Waals surface area contributed by atoms with E-state index in [2.05, 4.69) is 0 Å². The molecule has 2 aromatic carbocycles. The lowest BCUT2D eigenvalue weighted by Gasteiger charge is -2.10. The van der Waals surface area contributed by atoms with Crippen molar-refractivity contribution in [2.45, 2.75) is 0 Å². The van der Waals surface area contributed by atoms with Gasteiger partial charge in [0, 0.05) is 5.02 Å². The highest BCUT2D eigenvalue weighted by Crippen LogP contribution is 2.28. The van der Waals surface area contributed by atoms with Crippen molar-refractivity contribution in [3.63, 3.8) is 0 Å². The fourth-order valence-electron chi connectivity index (χ4n) is 1.83. The minimum atomic E-state index is -0.184. The van der Waals surface area contributed by atoms with E-state index in [1.807, 2.05) is 6.07 Å². The monoisotopic (exact) mass is 276 g/mol. The van der Waals surface area contributed by atoms with Crippen LogP contribution in [0.1, 0.15) is 15.9 Å². The Kier molecular flexibility index (Phi) is 4.07. The molecule has 0 aliphatic rings. The Bertz CT molecular complexity index is 608. The van der Waals surface area contributed by atoms with Gasteiger partial charge in [0.2, 0.25) is 5.78 Å². The molecule has 4 heteroatoms. The molecule has 0 N–H and O–H groups in total. The molecular formula is C15H13ClO3. The number of halogens is 1. The Hall–Kier alpha value is -2.00. The molecule has 0 aromatic heterocycles. The van der Waals surface area contributed by atoms with E-state index in [0.29, 0.717) is 27.6 Å². The zero-order valence-electron chi connectivity index (χ0n) is 10.6. The minimum Gasteiger partial charge on any atom is -0.496 e. The number of carbonyl (C=O) groups is 1. The lowest BCUT2D eigenvalue weighted by molar-refractivity contribution is 0.103. The van der Waals surface area contributed by atoms with Crippen LogP contribution in [0.15, 0.2) is 42.5 Å². The average molecular weight is 277 g/mol. The van der Waals surface area contributed by atoms with Crippen molar-refractivity contribution in [2.75, 3.05) is 14.2 Å². The van der Waals surface area contributed by atoms with E-state index in [9.17, 15) is 4.79 Å². The molecule has 2 rings (SSSR count). The minimum absolute atomic E-state index is 0.184. The average Bonchev–Trinajstić information content (AvgIpc) is 2.46. The second-order valence-electron chi connectivity index (χ2n) is 3.87. The van der Waals surface area contributed by atoms with Crippen LogP contribution < -0.4 is 9.47 Å². The lowest BCUT2D eigenvalue weighted by atomic mass is 10.0. The van der Waals surface area contributed by atoms with Gasteiger partial charge in [0.05, 0.1) is 25.3 Å². The predicted octanol–water partition coefficient (Wildman–Crippen LogP) is 3.59. The first-order valence-corrected chi connectivity index (χ1v) is 6.06. The second-order valence-corrected chi connectivity index (χ2v) is 4.31. The van der Waals surface area contributed by atoms with Crippen molar-refractivity contribution in [1.82, 2.24) is 0 Å². The Morgan fingerprint density at radius 2 is 1.58 bits per heavy atom. The standard InChI is InChI=1S/C15H13ClO3/c1-18-13-6-4-3-5-11(13)15(17)12-9-10(16)7-8-14(12)19-2/h3-9H,1-2H3. The van der Waals surface area contributed by atoms with E-state index in [0.717, 1.165) is 0 Å². The maximum absolute atomic E-state index is 12.5. The van der Waals surface area contributed by atoms with Crippen LogP contribution in [0, 0.1) is 0 Å². The van der Waals surface area contributed by atoms with Crippen molar-refractivity contribution in [3.8, 4) is 11.5 Å². The van der Waals surface area contributed by atoms with Crippen molar-refractivity contribution in [1.29, 1.82) is 0 Å². The number of rotatable bonds is 4. The van der Waals surface area contributed by atoms with Crippen molar-refractivity contribution >= 4 is 17.4 Å². The third-order valence-electron chi connectivity index (χ3n) is 2.76. The lowest BCUT2D eigenvalue weighted by Crippen LogP contribution is -2.06. The molecule has 0 aliphatic carbocycles. The van der Waals surface area contributed by atoms with Crippen LogP contribution in [-0.2, 0) is 0 Å². The quantitative estimate of drug-likeness (QED) is 0.801. The van der Waals surface area contributed by atoms with Gasteiger partial charge in [-0.05, 0) is 30.3 Å². The van der Waals surface area contributed by atoms with Crippen molar-refractivity contribution < 1.29 is 14.3 Å². The van der Waals surface area contributed by atoms with E-state index in [4.69, 9.17) is 21.1 Å². The second kappa shape index (κ2) is 5.76. The van der Waals surface area contributed by atoms with Gasteiger partial charge in [-0.3, -0.25) is 4.79 Å². The Morgan fingerprint density at radius 1 is 0.947 bits per heavy atom. The summed E-state index contributed by atoms with van der Waals surface area (Å²) in [5.41, 5.74) is 0.894. The summed E-state index contributed by atoms with van der Waals surface area (Å²) in [7, 11) is 3.05. The van der Waals surface area contributed by atoms with E-state index >= 15 is 0 Å². The molecular weight excluding hydrogens is 264 g/mol. The molecule has 2 aromatic rings. The highest BCUT2D eigenvalue weighted by Gasteiger charge is 2.18. The van der Waals surface area contributed by atoms with Gasteiger partial charge in [-0.2, -0.15) is 0 Å². The van der Waals surface area contributed by atoms with Crippen LogP contribution in [0.2, 0.25) is 5.02 Å². The summed E-state index contributed by atoms with van der Waals surface area (Å²) in [6, 6.07) is 12.0. The number of para-hydroxylation sites is 1. The molecule has 0 fully saturated rings. The molecule has 0 aliphatic heterocycles. The van der Waals surface area contributed by atoms with E-state index in [1.54, 1.807) is 36.4 Å². The molecule has 0 atom stereocenters. The van der Waals surface area contributed by atoms with E-state index in [-0.39, 0.29) is 5.78 Å². The molecule has 98 valence electrons. The summed E-state index contributed by atoms with van der Waals surface area (Å²) in [6.07, 6.45) is 0. The van der Waals surface area contributed by atoms with Crippen LogP contribution in [-0.4, -0.2) is 20.0 Å².